The number of hydrogen-bond donors (Lipinski definition) is 1. The summed E-state index contributed by atoms with van der Waals surface area (Å²) in [6.07, 6.45) is 3.06. The van der Waals surface area contributed by atoms with Gasteiger partial charge in [0.2, 0.25) is 0 Å². The number of piperidine rings is 1. The number of rotatable bonds is 4. The second-order valence-corrected chi connectivity index (χ2v) is 9.09. The molecule has 8 heteroatoms. The van der Waals surface area contributed by atoms with Gasteiger partial charge in [0, 0.05) is 23.7 Å². The molecule has 1 heterocycles. The van der Waals surface area contributed by atoms with Crippen molar-refractivity contribution >= 4 is 44.8 Å². The van der Waals surface area contributed by atoms with Crippen molar-refractivity contribution < 1.29 is 13.2 Å². The van der Waals surface area contributed by atoms with Gasteiger partial charge < -0.3 is 4.90 Å². The molecule has 0 aliphatic carbocycles. The maximum absolute atomic E-state index is 12.8. The number of anilines is 1. The van der Waals surface area contributed by atoms with Crippen LogP contribution in [0.2, 0.25) is 10.0 Å². The molecule has 1 fully saturated rings. The van der Waals surface area contributed by atoms with E-state index in [9.17, 15) is 13.2 Å². The fourth-order valence-electron chi connectivity index (χ4n) is 3.04. The number of aryl methyl sites for hydroxylation is 1. The summed E-state index contributed by atoms with van der Waals surface area (Å²) in [7, 11) is -3.90. The maximum atomic E-state index is 12.8. The van der Waals surface area contributed by atoms with Gasteiger partial charge in [0.25, 0.3) is 15.9 Å². The minimum absolute atomic E-state index is 0.0134. The molecule has 144 valence electrons. The van der Waals surface area contributed by atoms with Crippen LogP contribution < -0.4 is 4.72 Å². The highest BCUT2D eigenvalue weighted by molar-refractivity contribution is 7.92. The lowest BCUT2D eigenvalue weighted by Gasteiger charge is -2.27. The fourth-order valence-corrected chi connectivity index (χ4v) is 4.66. The van der Waals surface area contributed by atoms with Crippen molar-refractivity contribution in [3.8, 4) is 0 Å². The summed E-state index contributed by atoms with van der Waals surface area (Å²) >= 11 is 11.9. The van der Waals surface area contributed by atoms with E-state index in [0.717, 1.165) is 24.8 Å². The Morgan fingerprint density at radius 3 is 2.41 bits per heavy atom. The van der Waals surface area contributed by atoms with Gasteiger partial charge in [-0.25, -0.2) is 8.42 Å². The molecule has 2 aromatic rings. The number of hydrogen-bond acceptors (Lipinski definition) is 3. The zero-order chi connectivity index (χ0) is 19.6. The molecule has 0 atom stereocenters. The lowest BCUT2D eigenvalue weighted by molar-refractivity contribution is 0.0723. The molecule has 2 aromatic carbocycles. The topological polar surface area (TPSA) is 66.5 Å². The van der Waals surface area contributed by atoms with Crippen molar-refractivity contribution in [3.63, 3.8) is 0 Å². The molecule has 0 unspecified atom stereocenters. The average Bonchev–Trinajstić information content (AvgIpc) is 2.64. The third-order valence-corrected chi connectivity index (χ3v) is 6.48. The van der Waals surface area contributed by atoms with Gasteiger partial charge in [-0.3, -0.25) is 9.52 Å². The van der Waals surface area contributed by atoms with E-state index in [0.29, 0.717) is 23.7 Å². The van der Waals surface area contributed by atoms with Crippen LogP contribution in [-0.4, -0.2) is 32.3 Å². The number of nitrogens with zero attached hydrogens (tertiary/aromatic N) is 1. The third-order valence-electron chi connectivity index (χ3n) is 4.57. The van der Waals surface area contributed by atoms with Crippen molar-refractivity contribution in [2.75, 3.05) is 17.8 Å². The molecule has 27 heavy (non-hydrogen) atoms. The van der Waals surface area contributed by atoms with Crippen LogP contribution in [0, 0.1) is 6.92 Å². The van der Waals surface area contributed by atoms with Gasteiger partial charge in [0.1, 0.15) is 0 Å². The van der Waals surface area contributed by atoms with E-state index in [1.54, 1.807) is 24.0 Å². The van der Waals surface area contributed by atoms with Crippen LogP contribution in [0.1, 0.15) is 35.2 Å². The number of sulfonamides is 1. The Balaban J connectivity index is 1.90. The number of likely N-dealkylation sites (tertiary alicyclic amines) is 1. The Kier molecular flexibility index (Phi) is 5.99. The Bertz CT molecular complexity index is 971. The first kappa shape index (κ1) is 20.0. The van der Waals surface area contributed by atoms with Crippen LogP contribution in [0.15, 0.2) is 41.3 Å². The minimum Gasteiger partial charge on any atom is -0.339 e. The van der Waals surface area contributed by atoms with E-state index >= 15 is 0 Å². The first-order chi connectivity index (χ1) is 12.8. The van der Waals surface area contributed by atoms with E-state index in [2.05, 4.69) is 4.72 Å². The Morgan fingerprint density at radius 1 is 1.04 bits per heavy atom. The number of carbonyl (C=O) groups excluding carboxylic acids is 1. The fraction of sp³-hybridized carbons (Fsp3) is 0.316. The second-order valence-electron chi connectivity index (χ2n) is 6.56. The Hall–Kier alpha value is -1.76. The van der Waals surface area contributed by atoms with Crippen LogP contribution in [0.4, 0.5) is 5.69 Å². The summed E-state index contributed by atoms with van der Waals surface area (Å²) in [4.78, 5) is 14.6. The molecule has 3 rings (SSSR count). The summed E-state index contributed by atoms with van der Waals surface area (Å²) in [5.74, 6) is -0.131. The van der Waals surface area contributed by atoms with Crippen molar-refractivity contribution in [1.82, 2.24) is 4.90 Å². The lowest BCUT2D eigenvalue weighted by atomic mass is 10.1. The molecule has 1 N–H and O–H groups in total. The summed E-state index contributed by atoms with van der Waals surface area (Å²) in [5.41, 5.74) is 1.38. The normalized spacial score (nSPS) is 14.9. The summed E-state index contributed by atoms with van der Waals surface area (Å²) in [5, 5.41) is 0.607. The molecule has 5 nitrogen and oxygen atoms in total. The summed E-state index contributed by atoms with van der Waals surface area (Å²) in [6, 6.07) is 9.06. The number of benzene rings is 2. The van der Waals surface area contributed by atoms with Crippen LogP contribution in [0.3, 0.4) is 0 Å². The van der Waals surface area contributed by atoms with E-state index < -0.39 is 10.0 Å². The first-order valence-electron chi connectivity index (χ1n) is 8.66. The van der Waals surface area contributed by atoms with Gasteiger partial charge in [-0.05, 0) is 62.1 Å². The van der Waals surface area contributed by atoms with E-state index in [-0.39, 0.29) is 21.5 Å². The zero-order valence-electron chi connectivity index (χ0n) is 14.8. The van der Waals surface area contributed by atoms with E-state index in [1.807, 2.05) is 0 Å². The average molecular weight is 427 g/mol. The van der Waals surface area contributed by atoms with Gasteiger partial charge in [0.15, 0.2) is 0 Å². The molecular formula is C19H20Cl2N2O3S. The van der Waals surface area contributed by atoms with Crippen LogP contribution in [-0.2, 0) is 10.0 Å². The molecule has 1 aliphatic rings. The molecule has 1 aliphatic heterocycles. The highest BCUT2D eigenvalue weighted by Crippen LogP contribution is 2.28. The Morgan fingerprint density at radius 2 is 1.74 bits per heavy atom. The predicted molar refractivity (Wildman–Crippen MR) is 108 cm³/mol. The molecule has 0 radical (unpaired) electrons. The van der Waals surface area contributed by atoms with Gasteiger partial charge in [-0.15, -0.1) is 0 Å². The Labute approximate surface area is 169 Å². The molecule has 1 amide bonds. The highest BCUT2D eigenvalue weighted by Gasteiger charge is 2.23. The van der Waals surface area contributed by atoms with Crippen molar-refractivity contribution in [2.24, 2.45) is 0 Å². The van der Waals surface area contributed by atoms with Gasteiger partial charge in [0.05, 0.1) is 15.6 Å². The van der Waals surface area contributed by atoms with Crippen molar-refractivity contribution in [3.05, 3.63) is 57.6 Å². The predicted octanol–water partition coefficient (Wildman–Crippen LogP) is 4.73. The maximum Gasteiger partial charge on any atom is 0.261 e. The first-order valence-corrected chi connectivity index (χ1v) is 10.9. The van der Waals surface area contributed by atoms with Crippen molar-refractivity contribution in [2.45, 2.75) is 31.1 Å². The highest BCUT2D eigenvalue weighted by atomic mass is 35.5. The quantitative estimate of drug-likeness (QED) is 0.767. The SMILES string of the molecule is Cc1ccc(S(=O)(=O)Nc2ccc(Cl)cc2Cl)cc1C(=O)N1CCCCC1. The molecular weight excluding hydrogens is 407 g/mol. The van der Waals surface area contributed by atoms with Gasteiger partial charge in [-0.1, -0.05) is 29.3 Å². The van der Waals surface area contributed by atoms with Crippen LogP contribution in [0.5, 0.6) is 0 Å². The number of carbonyl (C=O) groups is 1. The molecule has 0 spiro atoms. The van der Waals surface area contributed by atoms with Gasteiger partial charge >= 0.3 is 0 Å². The van der Waals surface area contributed by atoms with E-state index in [1.165, 1.54) is 24.3 Å². The number of amides is 1. The smallest absolute Gasteiger partial charge is 0.261 e. The summed E-state index contributed by atoms with van der Waals surface area (Å²) in [6.45, 7) is 3.21. The zero-order valence-corrected chi connectivity index (χ0v) is 17.2. The van der Waals surface area contributed by atoms with E-state index in [4.69, 9.17) is 23.2 Å². The molecule has 1 saturated heterocycles. The summed E-state index contributed by atoms with van der Waals surface area (Å²) < 4.78 is 28.0. The van der Waals surface area contributed by atoms with Crippen LogP contribution in [0.25, 0.3) is 0 Å². The third kappa shape index (κ3) is 4.57. The monoisotopic (exact) mass is 426 g/mol. The lowest BCUT2D eigenvalue weighted by Crippen LogP contribution is -2.36. The molecule has 0 saturated carbocycles. The molecule has 0 bridgehead atoms. The minimum atomic E-state index is -3.90. The van der Waals surface area contributed by atoms with Crippen molar-refractivity contribution in [1.29, 1.82) is 0 Å². The number of nitrogens with one attached hydrogen (secondary N) is 1. The standard InChI is InChI=1S/C19H20Cl2N2O3S/c1-13-5-7-15(12-16(13)19(24)23-9-3-2-4-10-23)27(25,26)22-18-8-6-14(20)11-17(18)21/h5-8,11-12,22H,2-4,9-10H2,1H3. The van der Waals surface area contributed by atoms with Crippen LogP contribution >= 0.6 is 23.2 Å². The number of halogens is 2. The molecule has 0 aromatic heterocycles. The van der Waals surface area contributed by atoms with Gasteiger partial charge in [-0.2, -0.15) is 0 Å². The second kappa shape index (κ2) is 8.09. The largest absolute Gasteiger partial charge is 0.339 e.